The molecule has 0 fully saturated rings. The van der Waals surface area contributed by atoms with Crippen molar-refractivity contribution in [2.24, 2.45) is 5.73 Å². The highest BCUT2D eigenvalue weighted by atomic mass is 16.5. The van der Waals surface area contributed by atoms with Crippen LogP contribution in [0.15, 0.2) is 48.5 Å². The maximum atomic E-state index is 12.3. The number of nitrogens with one attached hydrogen (secondary N) is 4. The number of hydrogen-bond acceptors (Lipinski definition) is 7. The fraction of sp³-hybridized carbons (Fsp3) is 0.286. The van der Waals surface area contributed by atoms with Crippen LogP contribution >= 0.6 is 0 Å². The molecule has 0 saturated heterocycles. The molecule has 0 radical (unpaired) electrons. The van der Waals surface area contributed by atoms with Gasteiger partial charge >= 0.3 is 0 Å². The topological polar surface area (TPSA) is 155 Å². The van der Waals surface area contributed by atoms with E-state index >= 15 is 0 Å². The van der Waals surface area contributed by atoms with Crippen molar-refractivity contribution in [1.29, 1.82) is 0 Å². The highest BCUT2D eigenvalue weighted by molar-refractivity contribution is 5.98. The minimum Gasteiger partial charge on any atom is -0.383 e. The van der Waals surface area contributed by atoms with Crippen LogP contribution in [0.3, 0.4) is 0 Å². The molecule has 2 aromatic carbocycles. The van der Waals surface area contributed by atoms with Gasteiger partial charge in [-0.2, -0.15) is 0 Å². The molecular formula is C21H27N5O5. The van der Waals surface area contributed by atoms with Gasteiger partial charge in [-0.05, 0) is 35.4 Å². The second-order valence-corrected chi connectivity index (χ2v) is 6.61. The Bertz CT molecular complexity index is 871. The van der Waals surface area contributed by atoms with Crippen LogP contribution in [-0.2, 0) is 14.3 Å². The van der Waals surface area contributed by atoms with Gasteiger partial charge in [0.2, 0.25) is 5.91 Å². The molecule has 166 valence electrons. The Hall–Kier alpha value is -3.31. The summed E-state index contributed by atoms with van der Waals surface area (Å²) in [5, 5.41) is 16.9. The summed E-state index contributed by atoms with van der Waals surface area (Å²) in [5.74, 6) is -1.42. The predicted octanol–water partition coefficient (Wildman–Crippen LogP) is 0.0906. The molecule has 0 aromatic heterocycles. The third kappa shape index (κ3) is 7.46. The second-order valence-electron chi connectivity index (χ2n) is 6.61. The average molecular weight is 429 g/mol. The quantitative estimate of drug-likeness (QED) is 0.168. The van der Waals surface area contributed by atoms with Gasteiger partial charge in [-0.25, -0.2) is 5.48 Å². The lowest BCUT2D eigenvalue weighted by Crippen LogP contribution is -2.50. The molecule has 3 amide bonds. The molecule has 0 spiro atoms. The van der Waals surface area contributed by atoms with Crippen molar-refractivity contribution < 1.29 is 24.3 Å². The van der Waals surface area contributed by atoms with Crippen LogP contribution < -0.4 is 27.2 Å². The molecule has 0 saturated carbocycles. The lowest BCUT2D eigenvalue weighted by molar-refractivity contribution is -0.130. The van der Waals surface area contributed by atoms with Crippen molar-refractivity contribution >= 4 is 23.4 Å². The van der Waals surface area contributed by atoms with E-state index in [0.29, 0.717) is 24.4 Å². The van der Waals surface area contributed by atoms with Gasteiger partial charge in [0.15, 0.2) is 0 Å². The maximum absolute atomic E-state index is 12.3. The first kappa shape index (κ1) is 24.0. The minimum atomic E-state index is -1.03. The molecule has 0 aliphatic heterocycles. The van der Waals surface area contributed by atoms with E-state index in [1.165, 1.54) is 5.48 Å². The molecule has 0 bridgehead atoms. The Labute approximate surface area is 180 Å². The van der Waals surface area contributed by atoms with E-state index in [-0.39, 0.29) is 19.0 Å². The summed E-state index contributed by atoms with van der Waals surface area (Å²) in [4.78, 5) is 35.6. The molecule has 0 unspecified atom stereocenters. The largest absolute Gasteiger partial charge is 0.383 e. The molecule has 0 aliphatic rings. The van der Waals surface area contributed by atoms with E-state index in [2.05, 4.69) is 16.0 Å². The van der Waals surface area contributed by atoms with E-state index < -0.39 is 17.9 Å². The van der Waals surface area contributed by atoms with Gasteiger partial charge in [-0.1, -0.05) is 24.3 Å². The Kier molecular flexibility index (Phi) is 9.59. The van der Waals surface area contributed by atoms with Crippen LogP contribution in [0.4, 0.5) is 5.69 Å². The highest BCUT2D eigenvalue weighted by Gasteiger charge is 2.19. The van der Waals surface area contributed by atoms with E-state index in [0.717, 1.165) is 11.1 Å². The smallest absolute Gasteiger partial charge is 0.267 e. The van der Waals surface area contributed by atoms with E-state index in [4.69, 9.17) is 15.7 Å². The summed E-state index contributed by atoms with van der Waals surface area (Å²) >= 11 is 0. The summed E-state index contributed by atoms with van der Waals surface area (Å²) in [6.45, 7) is 1.17. The summed E-state index contributed by atoms with van der Waals surface area (Å²) in [7, 11) is 1.60. The molecule has 2 aromatic rings. The molecule has 0 heterocycles. The van der Waals surface area contributed by atoms with Gasteiger partial charge < -0.3 is 26.4 Å². The van der Waals surface area contributed by atoms with Gasteiger partial charge in [0.25, 0.3) is 11.8 Å². The molecule has 10 heteroatoms. The predicted molar refractivity (Wildman–Crippen MR) is 115 cm³/mol. The van der Waals surface area contributed by atoms with Crippen LogP contribution in [0.2, 0.25) is 0 Å². The third-order valence-corrected chi connectivity index (χ3v) is 4.39. The lowest BCUT2D eigenvalue weighted by atomic mass is 10.0. The molecule has 7 N–H and O–H groups in total. The number of nitrogens with two attached hydrogens (primary N) is 1. The molecule has 10 nitrogen and oxygen atoms in total. The van der Waals surface area contributed by atoms with Crippen LogP contribution in [0.5, 0.6) is 0 Å². The number of benzene rings is 2. The molecule has 2 rings (SSSR count). The zero-order chi connectivity index (χ0) is 22.6. The van der Waals surface area contributed by atoms with Crippen LogP contribution in [0.1, 0.15) is 10.4 Å². The monoisotopic (exact) mass is 429 g/mol. The number of carbonyl (C=O) groups is 3. The molecule has 31 heavy (non-hydrogen) atoms. The van der Waals surface area contributed by atoms with Crippen molar-refractivity contribution in [3.05, 3.63) is 54.1 Å². The fourth-order valence-electron chi connectivity index (χ4n) is 2.69. The van der Waals surface area contributed by atoms with Crippen LogP contribution in [0, 0.1) is 0 Å². The number of anilines is 1. The normalized spacial score (nSPS) is 11.5. The fourth-order valence-corrected chi connectivity index (χ4v) is 2.69. The Morgan fingerprint density at radius 3 is 2.19 bits per heavy atom. The summed E-state index contributed by atoms with van der Waals surface area (Å²) in [5.41, 5.74) is 9.70. The lowest BCUT2D eigenvalue weighted by Gasteiger charge is -2.14. The first-order chi connectivity index (χ1) is 15.0. The summed E-state index contributed by atoms with van der Waals surface area (Å²) < 4.78 is 4.91. The van der Waals surface area contributed by atoms with Gasteiger partial charge in [-0.15, -0.1) is 0 Å². The highest BCUT2D eigenvalue weighted by Crippen LogP contribution is 2.22. The Morgan fingerprint density at radius 1 is 1.03 bits per heavy atom. The summed E-state index contributed by atoms with van der Waals surface area (Å²) in [6, 6.07) is 13.1. The third-order valence-electron chi connectivity index (χ3n) is 4.39. The molecule has 1 atom stereocenters. The number of ether oxygens (including phenoxy) is 1. The first-order valence-corrected chi connectivity index (χ1v) is 9.63. The zero-order valence-corrected chi connectivity index (χ0v) is 17.2. The number of carbonyl (C=O) groups excluding carboxylic acids is 3. The Morgan fingerprint density at radius 2 is 1.65 bits per heavy atom. The Balaban J connectivity index is 1.94. The number of hydrogen-bond donors (Lipinski definition) is 6. The van der Waals surface area contributed by atoms with Gasteiger partial charge in [0.05, 0.1) is 13.2 Å². The van der Waals surface area contributed by atoms with Gasteiger partial charge in [-0.3, -0.25) is 19.6 Å². The maximum Gasteiger partial charge on any atom is 0.267 e. The standard InChI is InChI=1S/C21H27N5O5/c1-31-11-10-23-13-19(27)24-17-8-6-15(7-9-17)14-2-4-16(5-3-14)20(28)25-18(12-22)21(29)26-30/h2-9,18,23,30H,10-13,22H2,1H3,(H,24,27)(H,25,28)(H,26,29)/t18-/m0/s1. The van der Waals surface area contributed by atoms with Crippen molar-refractivity contribution in [2.45, 2.75) is 6.04 Å². The average Bonchev–Trinajstić information content (AvgIpc) is 2.80. The summed E-state index contributed by atoms with van der Waals surface area (Å²) in [6.07, 6.45) is 0. The van der Waals surface area contributed by atoms with E-state index in [1.54, 1.807) is 43.5 Å². The number of amides is 3. The second kappa shape index (κ2) is 12.4. The van der Waals surface area contributed by atoms with Crippen molar-refractivity contribution in [1.82, 2.24) is 16.1 Å². The number of methoxy groups -OCH3 is 1. The van der Waals surface area contributed by atoms with Gasteiger partial charge in [0.1, 0.15) is 6.04 Å². The zero-order valence-electron chi connectivity index (χ0n) is 17.2. The molecule has 0 aliphatic carbocycles. The van der Waals surface area contributed by atoms with Crippen molar-refractivity contribution in [2.75, 3.05) is 38.7 Å². The number of hydroxylamine groups is 1. The SMILES string of the molecule is COCCNCC(=O)Nc1ccc(-c2ccc(C(=O)N[C@@H](CN)C(=O)NO)cc2)cc1. The van der Waals surface area contributed by atoms with Crippen molar-refractivity contribution in [3.8, 4) is 11.1 Å². The van der Waals surface area contributed by atoms with Crippen LogP contribution in [0.25, 0.3) is 11.1 Å². The first-order valence-electron chi connectivity index (χ1n) is 9.63. The molecular weight excluding hydrogens is 402 g/mol. The van der Waals surface area contributed by atoms with Crippen molar-refractivity contribution in [3.63, 3.8) is 0 Å². The minimum absolute atomic E-state index is 0.148. The number of rotatable bonds is 11. The van der Waals surface area contributed by atoms with Crippen LogP contribution in [-0.4, -0.2) is 62.3 Å². The van der Waals surface area contributed by atoms with E-state index in [9.17, 15) is 14.4 Å². The van der Waals surface area contributed by atoms with Gasteiger partial charge in [0, 0.05) is 31.5 Å². The van der Waals surface area contributed by atoms with E-state index in [1.807, 2.05) is 12.1 Å².